The van der Waals surface area contributed by atoms with E-state index in [9.17, 15) is 4.79 Å². The van der Waals surface area contributed by atoms with Gasteiger partial charge in [-0.1, -0.05) is 0 Å². The fourth-order valence-corrected chi connectivity index (χ4v) is 0.860. The van der Waals surface area contributed by atoms with Gasteiger partial charge >= 0.3 is 5.97 Å². The zero-order chi connectivity index (χ0) is 8.97. The van der Waals surface area contributed by atoms with Gasteiger partial charge in [0.05, 0.1) is 12.4 Å². The van der Waals surface area contributed by atoms with Gasteiger partial charge in [0.1, 0.15) is 12.2 Å². The molecule has 0 aliphatic rings. The van der Waals surface area contributed by atoms with Gasteiger partial charge in [-0.15, -0.1) is 0 Å². The Morgan fingerprint density at radius 1 is 1.67 bits per heavy atom. The summed E-state index contributed by atoms with van der Waals surface area (Å²) in [5, 5.41) is 0. The van der Waals surface area contributed by atoms with Crippen LogP contribution in [0.1, 0.15) is 19.6 Å². The maximum absolute atomic E-state index is 11.0. The van der Waals surface area contributed by atoms with Gasteiger partial charge in [-0.05, 0) is 26.0 Å². The van der Waals surface area contributed by atoms with Crippen molar-refractivity contribution in [2.24, 2.45) is 0 Å². The monoisotopic (exact) mass is 168 g/mol. The predicted octanol–water partition coefficient (Wildman–Crippen LogP) is 1.77. The van der Waals surface area contributed by atoms with Gasteiger partial charge < -0.3 is 9.15 Å². The molecule has 1 aromatic rings. The predicted molar refractivity (Wildman–Crippen MR) is 43.6 cm³/mol. The van der Waals surface area contributed by atoms with E-state index in [4.69, 9.17) is 9.15 Å². The van der Waals surface area contributed by atoms with Crippen molar-refractivity contribution in [3.05, 3.63) is 24.2 Å². The van der Waals surface area contributed by atoms with Crippen molar-refractivity contribution >= 4 is 5.97 Å². The summed E-state index contributed by atoms with van der Waals surface area (Å²) in [6.07, 6.45) is 1.69. The van der Waals surface area contributed by atoms with Crippen LogP contribution in [0.15, 0.2) is 22.8 Å². The second-order valence-electron chi connectivity index (χ2n) is 2.79. The van der Waals surface area contributed by atoms with Crippen LogP contribution in [0.5, 0.6) is 0 Å². The number of rotatable bonds is 3. The molecule has 0 bridgehead atoms. The Kier molecular flexibility index (Phi) is 2.91. The second kappa shape index (κ2) is 3.95. The molecule has 66 valence electrons. The first-order valence-corrected chi connectivity index (χ1v) is 3.90. The van der Waals surface area contributed by atoms with Crippen LogP contribution in [0.4, 0.5) is 0 Å². The van der Waals surface area contributed by atoms with Crippen molar-refractivity contribution in [1.29, 1.82) is 0 Å². The number of carbonyl (C=O) groups excluding carboxylic acids is 1. The number of esters is 1. The van der Waals surface area contributed by atoms with E-state index in [0.29, 0.717) is 5.76 Å². The molecule has 1 aromatic heterocycles. The van der Waals surface area contributed by atoms with E-state index in [1.54, 1.807) is 12.1 Å². The largest absolute Gasteiger partial charge is 0.469 e. The summed E-state index contributed by atoms with van der Waals surface area (Å²) >= 11 is 0. The van der Waals surface area contributed by atoms with E-state index in [-0.39, 0.29) is 18.5 Å². The molecule has 1 heterocycles. The van der Waals surface area contributed by atoms with Gasteiger partial charge in [0, 0.05) is 0 Å². The summed E-state index contributed by atoms with van der Waals surface area (Å²) in [4.78, 5) is 11.0. The lowest BCUT2D eigenvalue weighted by Gasteiger charge is -2.05. The van der Waals surface area contributed by atoms with Gasteiger partial charge in [-0.3, -0.25) is 4.79 Å². The molecule has 1 rings (SSSR count). The van der Waals surface area contributed by atoms with Gasteiger partial charge in [-0.25, -0.2) is 0 Å². The third-order valence-corrected chi connectivity index (χ3v) is 1.27. The molecule has 0 saturated carbocycles. The number of carbonyl (C=O) groups is 1. The molecular weight excluding hydrogens is 156 g/mol. The van der Waals surface area contributed by atoms with Crippen LogP contribution in [0, 0.1) is 0 Å². The average Bonchev–Trinajstić information content (AvgIpc) is 2.37. The van der Waals surface area contributed by atoms with Crippen LogP contribution in [-0.4, -0.2) is 12.1 Å². The zero-order valence-corrected chi connectivity index (χ0v) is 7.24. The number of furan rings is 1. The fourth-order valence-electron chi connectivity index (χ4n) is 0.860. The Bertz CT molecular complexity index is 236. The normalized spacial score (nSPS) is 10.2. The zero-order valence-electron chi connectivity index (χ0n) is 7.24. The van der Waals surface area contributed by atoms with E-state index in [1.165, 1.54) is 6.26 Å². The first-order valence-electron chi connectivity index (χ1n) is 3.90. The number of hydrogen-bond acceptors (Lipinski definition) is 3. The highest BCUT2D eigenvalue weighted by Gasteiger charge is 2.07. The third kappa shape index (κ3) is 2.78. The van der Waals surface area contributed by atoms with Crippen LogP contribution < -0.4 is 0 Å². The minimum absolute atomic E-state index is 0.0625. The Labute approximate surface area is 71.3 Å². The molecule has 12 heavy (non-hydrogen) atoms. The van der Waals surface area contributed by atoms with Crippen molar-refractivity contribution in [3.63, 3.8) is 0 Å². The molecule has 0 aliphatic heterocycles. The maximum atomic E-state index is 11.0. The standard InChI is InChI=1S/C9H12O3/c1-7(2)12-9(10)6-8-4-3-5-11-8/h3-5,7H,6H2,1-2H3. The molecule has 3 nitrogen and oxygen atoms in total. The van der Waals surface area contributed by atoms with E-state index < -0.39 is 0 Å². The summed E-state index contributed by atoms with van der Waals surface area (Å²) in [7, 11) is 0. The molecule has 0 N–H and O–H groups in total. The second-order valence-corrected chi connectivity index (χ2v) is 2.79. The molecule has 0 fully saturated rings. The minimum atomic E-state index is -0.250. The van der Waals surface area contributed by atoms with Crippen molar-refractivity contribution in [1.82, 2.24) is 0 Å². The molecule has 0 aromatic carbocycles. The highest BCUT2D eigenvalue weighted by atomic mass is 16.5. The number of ether oxygens (including phenoxy) is 1. The molecule has 0 saturated heterocycles. The van der Waals surface area contributed by atoms with Gasteiger partial charge in [-0.2, -0.15) is 0 Å². The first kappa shape index (κ1) is 8.84. The molecule has 0 amide bonds. The lowest BCUT2D eigenvalue weighted by Crippen LogP contribution is -2.13. The Balaban J connectivity index is 2.37. The lowest BCUT2D eigenvalue weighted by atomic mass is 10.3. The van der Waals surface area contributed by atoms with Crippen molar-refractivity contribution < 1.29 is 13.9 Å². The average molecular weight is 168 g/mol. The van der Waals surface area contributed by atoms with E-state index in [1.807, 2.05) is 13.8 Å². The summed E-state index contributed by atoms with van der Waals surface area (Å²) in [6, 6.07) is 3.50. The Hall–Kier alpha value is -1.25. The van der Waals surface area contributed by atoms with Crippen LogP contribution in [0.3, 0.4) is 0 Å². The highest BCUT2D eigenvalue weighted by molar-refractivity contribution is 5.71. The third-order valence-electron chi connectivity index (χ3n) is 1.27. The minimum Gasteiger partial charge on any atom is -0.469 e. The molecular formula is C9H12O3. The summed E-state index contributed by atoms with van der Waals surface area (Å²) in [6.45, 7) is 3.64. The van der Waals surface area contributed by atoms with Crippen molar-refractivity contribution in [2.75, 3.05) is 0 Å². The summed E-state index contributed by atoms with van der Waals surface area (Å²) in [5.74, 6) is 0.389. The van der Waals surface area contributed by atoms with Gasteiger partial charge in [0.25, 0.3) is 0 Å². The van der Waals surface area contributed by atoms with E-state index in [0.717, 1.165) is 0 Å². The molecule has 0 unspecified atom stereocenters. The Morgan fingerprint density at radius 3 is 2.92 bits per heavy atom. The van der Waals surface area contributed by atoms with Gasteiger partial charge in [0.15, 0.2) is 0 Å². The Morgan fingerprint density at radius 2 is 2.42 bits per heavy atom. The summed E-state index contributed by atoms with van der Waals surface area (Å²) in [5.41, 5.74) is 0. The maximum Gasteiger partial charge on any atom is 0.313 e. The van der Waals surface area contributed by atoms with E-state index in [2.05, 4.69) is 0 Å². The molecule has 0 aliphatic carbocycles. The van der Waals surface area contributed by atoms with Crippen LogP contribution in [-0.2, 0) is 16.0 Å². The highest BCUT2D eigenvalue weighted by Crippen LogP contribution is 2.02. The SMILES string of the molecule is CC(C)OC(=O)Cc1ccco1. The quantitative estimate of drug-likeness (QED) is 0.646. The van der Waals surface area contributed by atoms with Crippen LogP contribution >= 0.6 is 0 Å². The first-order chi connectivity index (χ1) is 5.68. The molecule has 0 spiro atoms. The molecule has 3 heteroatoms. The van der Waals surface area contributed by atoms with Crippen molar-refractivity contribution in [3.8, 4) is 0 Å². The lowest BCUT2D eigenvalue weighted by molar-refractivity contribution is -0.146. The van der Waals surface area contributed by atoms with Crippen LogP contribution in [0.2, 0.25) is 0 Å². The fraction of sp³-hybridized carbons (Fsp3) is 0.444. The van der Waals surface area contributed by atoms with Gasteiger partial charge in [0.2, 0.25) is 0 Å². The smallest absolute Gasteiger partial charge is 0.313 e. The van der Waals surface area contributed by atoms with Crippen LogP contribution in [0.25, 0.3) is 0 Å². The van der Waals surface area contributed by atoms with E-state index >= 15 is 0 Å². The van der Waals surface area contributed by atoms with Crippen molar-refractivity contribution in [2.45, 2.75) is 26.4 Å². The number of hydrogen-bond donors (Lipinski definition) is 0. The topological polar surface area (TPSA) is 39.4 Å². The molecule has 0 atom stereocenters. The summed E-state index contributed by atoms with van der Waals surface area (Å²) < 4.78 is 9.91. The molecule has 0 radical (unpaired) electrons.